The van der Waals surface area contributed by atoms with Crippen molar-refractivity contribution in [3.63, 3.8) is 0 Å². The lowest BCUT2D eigenvalue weighted by molar-refractivity contribution is -0.224. The van der Waals surface area contributed by atoms with Crippen molar-refractivity contribution in [2.24, 2.45) is 28.6 Å². The quantitative estimate of drug-likeness (QED) is 0.681. The molecule has 0 unspecified atom stereocenters. The van der Waals surface area contributed by atoms with E-state index in [1.807, 2.05) is 6.92 Å². The van der Waals surface area contributed by atoms with Crippen LogP contribution in [0.4, 0.5) is 0 Å². The van der Waals surface area contributed by atoms with Gasteiger partial charge in [-0.2, -0.15) is 0 Å². The Hall–Kier alpha value is -0.0800. The second-order valence-corrected chi connectivity index (χ2v) is 7.65. The minimum Gasteiger partial charge on any atom is -0.390 e. The molecule has 0 aliphatic heterocycles. The van der Waals surface area contributed by atoms with Crippen LogP contribution in [0.2, 0.25) is 0 Å². The molecule has 0 radical (unpaired) electrons. The molecule has 3 rings (SSSR count). The Bertz CT molecular complexity index is 347. The second kappa shape index (κ2) is 3.08. The number of hydrogen-bond donors (Lipinski definition) is 2. The van der Waals surface area contributed by atoms with Crippen molar-refractivity contribution in [2.45, 2.75) is 65.1 Å². The van der Waals surface area contributed by atoms with Gasteiger partial charge in [0.2, 0.25) is 0 Å². The van der Waals surface area contributed by atoms with Crippen molar-refractivity contribution in [3.05, 3.63) is 0 Å². The third-order valence-corrected chi connectivity index (χ3v) is 7.08. The fraction of sp³-hybridized carbons (Fsp3) is 1.00. The lowest BCUT2D eigenvalue weighted by Gasteiger charge is -2.58. The summed E-state index contributed by atoms with van der Waals surface area (Å²) in [6, 6.07) is 0. The van der Waals surface area contributed by atoms with Crippen molar-refractivity contribution in [3.8, 4) is 0 Å². The highest BCUT2D eigenvalue weighted by Crippen LogP contribution is 2.75. The van der Waals surface area contributed by atoms with Crippen molar-refractivity contribution >= 4 is 0 Å². The molecule has 0 aromatic carbocycles. The SMILES string of the molecule is C[C@@H]1CC[C@@]23[C@@H]1C[C@H](C[C@H](O)[C@@]2(C)O)C3(C)C. The maximum atomic E-state index is 11.0. The molecule has 3 fully saturated rings. The molecule has 6 atom stereocenters. The van der Waals surface area contributed by atoms with Gasteiger partial charge in [-0.05, 0) is 55.8 Å². The van der Waals surface area contributed by atoms with E-state index in [2.05, 4.69) is 20.8 Å². The minimum atomic E-state index is -0.904. The van der Waals surface area contributed by atoms with Crippen LogP contribution < -0.4 is 0 Å². The lowest BCUT2D eigenvalue weighted by Crippen LogP contribution is -2.64. The molecular formula is C15H26O2. The maximum absolute atomic E-state index is 11.0. The Morgan fingerprint density at radius 3 is 2.41 bits per heavy atom. The van der Waals surface area contributed by atoms with Crippen LogP contribution in [0.25, 0.3) is 0 Å². The van der Waals surface area contributed by atoms with Gasteiger partial charge in [0.15, 0.2) is 0 Å². The lowest BCUT2D eigenvalue weighted by atomic mass is 9.49. The van der Waals surface area contributed by atoms with E-state index in [0.717, 1.165) is 12.8 Å². The van der Waals surface area contributed by atoms with Crippen LogP contribution in [0.3, 0.4) is 0 Å². The van der Waals surface area contributed by atoms with Gasteiger partial charge in [0.25, 0.3) is 0 Å². The molecule has 0 saturated heterocycles. The van der Waals surface area contributed by atoms with E-state index in [-0.39, 0.29) is 10.8 Å². The minimum absolute atomic E-state index is 0.0538. The zero-order valence-corrected chi connectivity index (χ0v) is 11.5. The van der Waals surface area contributed by atoms with Gasteiger partial charge in [0.05, 0.1) is 11.7 Å². The molecular weight excluding hydrogens is 212 g/mol. The van der Waals surface area contributed by atoms with Gasteiger partial charge < -0.3 is 10.2 Å². The molecule has 2 N–H and O–H groups in total. The largest absolute Gasteiger partial charge is 0.390 e. The molecule has 0 aromatic heterocycles. The molecule has 0 aromatic rings. The van der Waals surface area contributed by atoms with Gasteiger partial charge in [-0.25, -0.2) is 0 Å². The van der Waals surface area contributed by atoms with E-state index in [9.17, 15) is 10.2 Å². The number of aliphatic hydroxyl groups excluding tert-OH is 1. The Balaban J connectivity index is 2.18. The first kappa shape index (κ1) is 12.0. The van der Waals surface area contributed by atoms with E-state index in [1.165, 1.54) is 12.8 Å². The predicted octanol–water partition coefficient (Wildman–Crippen LogP) is 2.58. The molecule has 2 nitrogen and oxygen atoms in total. The molecule has 0 heterocycles. The molecule has 2 heteroatoms. The number of rotatable bonds is 0. The van der Waals surface area contributed by atoms with Crippen LogP contribution in [-0.4, -0.2) is 21.9 Å². The Morgan fingerprint density at radius 1 is 1.12 bits per heavy atom. The molecule has 2 bridgehead atoms. The highest BCUT2D eigenvalue weighted by Gasteiger charge is 2.74. The summed E-state index contributed by atoms with van der Waals surface area (Å²) < 4.78 is 0. The zero-order valence-electron chi connectivity index (χ0n) is 11.5. The standard InChI is InChI=1S/C15H26O2/c1-9-5-6-15-11(9)7-10(13(15,2)3)8-12(16)14(15,4)17/h9-12,16-17H,5-8H2,1-4H3/t9-,10-,11-,12+,14-,15+/m1/s1. The first-order valence-corrected chi connectivity index (χ1v) is 7.15. The maximum Gasteiger partial charge on any atom is 0.0941 e. The molecule has 98 valence electrons. The molecule has 3 saturated carbocycles. The molecule has 17 heavy (non-hydrogen) atoms. The molecule has 3 aliphatic rings. The molecule has 3 aliphatic carbocycles. The van der Waals surface area contributed by atoms with Gasteiger partial charge in [-0.3, -0.25) is 0 Å². The number of fused-ring (bicyclic) bond motifs is 1. The average molecular weight is 238 g/mol. The summed E-state index contributed by atoms with van der Waals surface area (Å²) in [5.41, 5.74) is -0.786. The van der Waals surface area contributed by atoms with Crippen LogP contribution in [0.1, 0.15) is 53.4 Å². The van der Waals surface area contributed by atoms with Gasteiger partial charge in [0.1, 0.15) is 0 Å². The first-order chi connectivity index (χ1) is 7.75. The highest BCUT2D eigenvalue weighted by molar-refractivity contribution is 5.23. The number of hydrogen-bond acceptors (Lipinski definition) is 2. The summed E-state index contributed by atoms with van der Waals surface area (Å²) in [6.45, 7) is 8.89. The van der Waals surface area contributed by atoms with E-state index >= 15 is 0 Å². The summed E-state index contributed by atoms with van der Waals surface area (Å²) in [5.74, 6) is 1.90. The van der Waals surface area contributed by atoms with Crippen molar-refractivity contribution in [1.82, 2.24) is 0 Å². The normalized spacial score (nSPS) is 60.4. The van der Waals surface area contributed by atoms with Crippen molar-refractivity contribution in [1.29, 1.82) is 0 Å². The van der Waals surface area contributed by atoms with Crippen LogP contribution >= 0.6 is 0 Å². The topological polar surface area (TPSA) is 40.5 Å². The second-order valence-electron chi connectivity index (χ2n) is 7.65. The fourth-order valence-corrected chi connectivity index (χ4v) is 5.99. The van der Waals surface area contributed by atoms with Crippen LogP contribution in [0, 0.1) is 28.6 Å². The zero-order chi connectivity index (χ0) is 12.6. The summed E-state index contributed by atoms with van der Waals surface area (Å²) >= 11 is 0. The summed E-state index contributed by atoms with van der Waals surface area (Å²) in [5, 5.41) is 21.3. The van der Waals surface area contributed by atoms with Gasteiger partial charge in [0, 0.05) is 5.41 Å². The van der Waals surface area contributed by atoms with E-state index < -0.39 is 11.7 Å². The predicted molar refractivity (Wildman–Crippen MR) is 67.5 cm³/mol. The third kappa shape index (κ3) is 1.06. The number of aliphatic hydroxyl groups is 2. The molecule has 1 spiro atoms. The van der Waals surface area contributed by atoms with Crippen molar-refractivity contribution in [2.75, 3.05) is 0 Å². The Kier molecular flexibility index (Phi) is 2.17. The van der Waals surface area contributed by atoms with Gasteiger partial charge in [-0.15, -0.1) is 0 Å². The fourth-order valence-electron chi connectivity index (χ4n) is 5.99. The summed E-state index contributed by atoms with van der Waals surface area (Å²) in [4.78, 5) is 0. The van der Waals surface area contributed by atoms with E-state index in [1.54, 1.807) is 0 Å². The van der Waals surface area contributed by atoms with Crippen LogP contribution in [-0.2, 0) is 0 Å². The Morgan fingerprint density at radius 2 is 1.76 bits per heavy atom. The first-order valence-electron chi connectivity index (χ1n) is 7.15. The van der Waals surface area contributed by atoms with Gasteiger partial charge in [-0.1, -0.05) is 20.8 Å². The van der Waals surface area contributed by atoms with Gasteiger partial charge >= 0.3 is 0 Å². The average Bonchev–Trinajstić information content (AvgIpc) is 2.62. The molecule has 0 amide bonds. The smallest absolute Gasteiger partial charge is 0.0941 e. The Labute approximate surface area is 104 Å². The van der Waals surface area contributed by atoms with Crippen LogP contribution in [0.5, 0.6) is 0 Å². The van der Waals surface area contributed by atoms with E-state index in [0.29, 0.717) is 17.8 Å². The van der Waals surface area contributed by atoms with Crippen LogP contribution in [0.15, 0.2) is 0 Å². The van der Waals surface area contributed by atoms with E-state index in [4.69, 9.17) is 0 Å². The summed E-state index contributed by atoms with van der Waals surface area (Å²) in [6.07, 6.45) is 3.76. The highest BCUT2D eigenvalue weighted by atomic mass is 16.3. The monoisotopic (exact) mass is 238 g/mol. The third-order valence-electron chi connectivity index (χ3n) is 7.08. The summed E-state index contributed by atoms with van der Waals surface area (Å²) in [7, 11) is 0. The van der Waals surface area contributed by atoms with Crippen molar-refractivity contribution < 1.29 is 10.2 Å².